The largest absolute Gasteiger partial charge is 0.353 e. The van der Waals surface area contributed by atoms with E-state index in [2.05, 4.69) is 10.3 Å². The Morgan fingerprint density at radius 3 is 2.76 bits per heavy atom. The normalized spacial score (nSPS) is 27.2. The number of aryl methyl sites for hydroxylation is 1. The molecule has 0 bridgehead atoms. The van der Waals surface area contributed by atoms with Gasteiger partial charge in [0, 0.05) is 12.2 Å². The van der Waals surface area contributed by atoms with Gasteiger partial charge in [-0.3, -0.25) is 0 Å². The quantitative estimate of drug-likeness (QED) is 0.879. The minimum Gasteiger partial charge on any atom is -0.353 e. The highest BCUT2D eigenvalue weighted by atomic mass is 32.2. The summed E-state index contributed by atoms with van der Waals surface area (Å²) in [6.45, 7) is 1.94. The van der Waals surface area contributed by atoms with Gasteiger partial charge in [0.1, 0.15) is 0 Å². The van der Waals surface area contributed by atoms with Crippen LogP contribution in [0.15, 0.2) is 6.20 Å². The van der Waals surface area contributed by atoms with Crippen LogP contribution in [0.3, 0.4) is 0 Å². The monoisotopic (exact) mass is 255 g/mol. The molecule has 0 radical (unpaired) electrons. The Labute approximate surface area is 101 Å². The fraction of sp³-hybridized carbons (Fsp3) is 0.727. The molecule has 1 aromatic heterocycles. The molecule has 0 amide bonds. The van der Waals surface area contributed by atoms with E-state index >= 15 is 0 Å². The molecular formula is C11H17N3O2S. The van der Waals surface area contributed by atoms with Gasteiger partial charge >= 0.3 is 0 Å². The maximum absolute atomic E-state index is 11.5. The standard InChI is InChI=1S/C11H17N3O2S/c1-8-6-14(10-4-5-17(15,16)7-10)11(12-8)13-9-2-3-9/h6,9-10H,2-5,7H2,1H3,(H,12,13). The first-order valence-corrected chi connectivity index (χ1v) is 7.88. The molecule has 3 rings (SSSR count). The fourth-order valence-electron chi connectivity index (χ4n) is 2.31. The second kappa shape index (κ2) is 3.73. The lowest BCUT2D eigenvalue weighted by atomic mass is 10.2. The first-order chi connectivity index (χ1) is 8.03. The molecule has 1 aromatic rings. The van der Waals surface area contributed by atoms with Crippen molar-refractivity contribution in [3.05, 3.63) is 11.9 Å². The predicted octanol–water partition coefficient (Wildman–Crippen LogP) is 1.13. The predicted molar refractivity (Wildman–Crippen MR) is 65.9 cm³/mol. The van der Waals surface area contributed by atoms with Crippen LogP contribution in [0.4, 0.5) is 5.95 Å². The first kappa shape index (κ1) is 11.1. The molecule has 1 unspecified atom stereocenters. The van der Waals surface area contributed by atoms with Crippen LogP contribution in [0.25, 0.3) is 0 Å². The SMILES string of the molecule is Cc1cn(C2CCS(=O)(=O)C2)c(NC2CC2)n1. The van der Waals surface area contributed by atoms with E-state index in [1.165, 1.54) is 12.8 Å². The van der Waals surface area contributed by atoms with Gasteiger partial charge in [-0.25, -0.2) is 13.4 Å². The van der Waals surface area contributed by atoms with E-state index in [0.717, 1.165) is 11.6 Å². The van der Waals surface area contributed by atoms with Crippen molar-refractivity contribution in [2.45, 2.75) is 38.3 Å². The molecule has 1 atom stereocenters. The van der Waals surface area contributed by atoms with E-state index in [9.17, 15) is 8.42 Å². The zero-order chi connectivity index (χ0) is 12.0. The molecule has 17 heavy (non-hydrogen) atoms. The second-order valence-electron chi connectivity index (χ2n) is 5.09. The van der Waals surface area contributed by atoms with Crippen molar-refractivity contribution in [2.75, 3.05) is 16.8 Å². The van der Waals surface area contributed by atoms with Gasteiger partial charge in [0.2, 0.25) is 5.95 Å². The Kier molecular flexibility index (Phi) is 2.43. The molecule has 2 heterocycles. The van der Waals surface area contributed by atoms with E-state index in [-0.39, 0.29) is 11.8 Å². The van der Waals surface area contributed by atoms with E-state index in [1.807, 2.05) is 17.7 Å². The molecule has 1 saturated heterocycles. The van der Waals surface area contributed by atoms with Crippen molar-refractivity contribution in [1.29, 1.82) is 0 Å². The lowest BCUT2D eigenvalue weighted by molar-refractivity contribution is 0.559. The summed E-state index contributed by atoms with van der Waals surface area (Å²) in [6.07, 6.45) is 5.04. The van der Waals surface area contributed by atoms with E-state index in [0.29, 0.717) is 18.2 Å². The van der Waals surface area contributed by atoms with Crippen LogP contribution in [0.5, 0.6) is 0 Å². The Morgan fingerprint density at radius 2 is 2.18 bits per heavy atom. The number of aromatic nitrogens is 2. The van der Waals surface area contributed by atoms with Crippen molar-refractivity contribution in [1.82, 2.24) is 9.55 Å². The van der Waals surface area contributed by atoms with Crippen LogP contribution < -0.4 is 5.32 Å². The number of imidazole rings is 1. The molecule has 6 heteroatoms. The fourth-order valence-corrected chi connectivity index (χ4v) is 4.02. The van der Waals surface area contributed by atoms with Crippen molar-refractivity contribution in [2.24, 2.45) is 0 Å². The van der Waals surface area contributed by atoms with Crippen molar-refractivity contribution in [3.63, 3.8) is 0 Å². The Bertz CT molecular complexity index is 531. The average Bonchev–Trinajstić information content (AvgIpc) is 2.86. The Balaban J connectivity index is 1.86. The summed E-state index contributed by atoms with van der Waals surface area (Å²) in [7, 11) is -2.84. The molecule has 2 aliphatic rings. The molecule has 1 aliphatic carbocycles. The van der Waals surface area contributed by atoms with Crippen LogP contribution in [0.2, 0.25) is 0 Å². The van der Waals surface area contributed by atoms with Gasteiger partial charge in [0.05, 0.1) is 23.2 Å². The van der Waals surface area contributed by atoms with Gasteiger partial charge < -0.3 is 9.88 Å². The van der Waals surface area contributed by atoms with Crippen LogP contribution in [-0.2, 0) is 9.84 Å². The minimum atomic E-state index is -2.84. The van der Waals surface area contributed by atoms with Crippen LogP contribution in [-0.4, -0.2) is 35.5 Å². The topological polar surface area (TPSA) is 64.0 Å². The van der Waals surface area contributed by atoms with Crippen molar-refractivity contribution < 1.29 is 8.42 Å². The molecule has 1 saturated carbocycles. The number of sulfone groups is 1. The molecule has 1 aliphatic heterocycles. The highest BCUT2D eigenvalue weighted by molar-refractivity contribution is 7.91. The maximum atomic E-state index is 11.5. The third-order valence-corrected chi connectivity index (χ3v) is 5.12. The van der Waals surface area contributed by atoms with Gasteiger partial charge in [-0.1, -0.05) is 0 Å². The zero-order valence-electron chi connectivity index (χ0n) is 9.89. The van der Waals surface area contributed by atoms with Crippen molar-refractivity contribution in [3.8, 4) is 0 Å². The zero-order valence-corrected chi connectivity index (χ0v) is 10.7. The first-order valence-electron chi connectivity index (χ1n) is 6.06. The number of nitrogens with zero attached hydrogens (tertiary/aromatic N) is 2. The van der Waals surface area contributed by atoms with Gasteiger partial charge in [-0.05, 0) is 26.2 Å². The highest BCUT2D eigenvalue weighted by Crippen LogP contribution is 2.30. The average molecular weight is 255 g/mol. The molecule has 5 nitrogen and oxygen atoms in total. The van der Waals surface area contributed by atoms with Crippen LogP contribution in [0.1, 0.15) is 31.0 Å². The maximum Gasteiger partial charge on any atom is 0.203 e. The van der Waals surface area contributed by atoms with Gasteiger partial charge in [-0.2, -0.15) is 0 Å². The summed E-state index contributed by atoms with van der Waals surface area (Å²) in [5.41, 5.74) is 0.942. The summed E-state index contributed by atoms with van der Waals surface area (Å²) in [5.74, 6) is 1.40. The van der Waals surface area contributed by atoms with Crippen LogP contribution in [0, 0.1) is 6.92 Å². The van der Waals surface area contributed by atoms with Crippen LogP contribution >= 0.6 is 0 Å². The minimum absolute atomic E-state index is 0.0578. The molecule has 94 valence electrons. The molecule has 1 N–H and O–H groups in total. The smallest absolute Gasteiger partial charge is 0.203 e. The summed E-state index contributed by atoms with van der Waals surface area (Å²) in [6, 6.07) is 0.594. The van der Waals surface area contributed by atoms with E-state index < -0.39 is 9.84 Å². The lowest BCUT2D eigenvalue weighted by Crippen LogP contribution is -2.15. The van der Waals surface area contributed by atoms with Gasteiger partial charge in [0.25, 0.3) is 0 Å². The summed E-state index contributed by atoms with van der Waals surface area (Å²) < 4.78 is 25.0. The van der Waals surface area contributed by atoms with Gasteiger partial charge in [-0.15, -0.1) is 0 Å². The number of hydrogen-bond acceptors (Lipinski definition) is 4. The van der Waals surface area contributed by atoms with E-state index in [4.69, 9.17) is 0 Å². The second-order valence-corrected chi connectivity index (χ2v) is 7.32. The number of rotatable bonds is 3. The molecule has 2 fully saturated rings. The Hall–Kier alpha value is -1.04. The summed E-state index contributed by atoms with van der Waals surface area (Å²) in [5, 5.41) is 3.37. The third kappa shape index (κ3) is 2.31. The molecule has 0 aromatic carbocycles. The Morgan fingerprint density at radius 1 is 1.41 bits per heavy atom. The van der Waals surface area contributed by atoms with Crippen molar-refractivity contribution >= 4 is 15.8 Å². The number of hydrogen-bond donors (Lipinski definition) is 1. The number of anilines is 1. The summed E-state index contributed by atoms with van der Waals surface area (Å²) >= 11 is 0. The molecule has 0 spiro atoms. The summed E-state index contributed by atoms with van der Waals surface area (Å²) in [4.78, 5) is 4.44. The lowest BCUT2D eigenvalue weighted by Gasteiger charge is -2.14. The van der Waals surface area contributed by atoms with E-state index in [1.54, 1.807) is 0 Å². The number of nitrogens with one attached hydrogen (secondary N) is 1. The molecular weight excluding hydrogens is 238 g/mol. The highest BCUT2D eigenvalue weighted by Gasteiger charge is 2.31. The van der Waals surface area contributed by atoms with Gasteiger partial charge in [0.15, 0.2) is 9.84 Å². The third-order valence-electron chi connectivity index (χ3n) is 3.37.